The van der Waals surface area contributed by atoms with E-state index in [1.54, 1.807) is 22.7 Å². The molecule has 0 amide bonds. The number of nitrogens with one attached hydrogen (secondary N) is 1. The number of aliphatic hydroxyl groups is 1. The molecule has 2 atom stereocenters. The molecule has 2 heterocycles. The molecule has 2 nitrogen and oxygen atoms in total. The van der Waals surface area contributed by atoms with Crippen LogP contribution in [-0.2, 0) is 0 Å². The fourth-order valence-electron chi connectivity index (χ4n) is 3.34. The van der Waals surface area contributed by atoms with Crippen LogP contribution in [0.2, 0.25) is 0 Å². The second-order valence-corrected chi connectivity index (χ2v) is 8.23. The second-order valence-electron chi connectivity index (χ2n) is 6.27. The molecular formula is C17H23NOS2. The summed E-state index contributed by atoms with van der Waals surface area (Å²) in [4.78, 5) is 2.65. The van der Waals surface area contributed by atoms with Crippen molar-refractivity contribution in [3.63, 3.8) is 0 Å². The van der Waals surface area contributed by atoms with Gasteiger partial charge in [-0.05, 0) is 41.7 Å². The van der Waals surface area contributed by atoms with E-state index in [2.05, 4.69) is 47.3 Å². The van der Waals surface area contributed by atoms with Gasteiger partial charge in [-0.3, -0.25) is 0 Å². The maximum absolute atomic E-state index is 10.8. The molecule has 114 valence electrons. The number of hydrogen-bond acceptors (Lipinski definition) is 4. The highest BCUT2D eigenvalue weighted by Crippen LogP contribution is 2.34. The molecule has 2 aromatic rings. The third kappa shape index (κ3) is 3.75. The molecule has 1 aliphatic carbocycles. The summed E-state index contributed by atoms with van der Waals surface area (Å²) >= 11 is 3.56. The summed E-state index contributed by atoms with van der Waals surface area (Å²) in [6, 6.07) is 8.76. The zero-order valence-electron chi connectivity index (χ0n) is 12.4. The molecule has 2 unspecified atom stereocenters. The first-order valence-corrected chi connectivity index (χ1v) is 9.45. The quantitative estimate of drug-likeness (QED) is 0.854. The highest BCUT2D eigenvalue weighted by Gasteiger charge is 2.33. The first-order chi connectivity index (χ1) is 10.2. The van der Waals surface area contributed by atoms with Crippen molar-refractivity contribution in [2.24, 2.45) is 5.92 Å². The summed E-state index contributed by atoms with van der Waals surface area (Å²) in [5.74, 6) is 0.632. The van der Waals surface area contributed by atoms with Gasteiger partial charge in [0.05, 0.1) is 11.6 Å². The Morgan fingerprint density at radius 3 is 2.48 bits per heavy atom. The van der Waals surface area contributed by atoms with Gasteiger partial charge in [-0.1, -0.05) is 31.9 Å². The summed E-state index contributed by atoms with van der Waals surface area (Å²) in [7, 11) is 0. The Labute approximate surface area is 134 Å². The monoisotopic (exact) mass is 321 g/mol. The highest BCUT2D eigenvalue weighted by molar-refractivity contribution is 7.11. The first kappa shape index (κ1) is 15.2. The fourth-order valence-corrected chi connectivity index (χ4v) is 5.05. The van der Waals surface area contributed by atoms with Gasteiger partial charge >= 0.3 is 0 Å². The number of rotatable bonds is 5. The largest absolute Gasteiger partial charge is 0.389 e. The minimum Gasteiger partial charge on any atom is -0.389 e. The summed E-state index contributed by atoms with van der Waals surface area (Å²) in [5.41, 5.74) is -0.537. The molecule has 0 aromatic carbocycles. The van der Waals surface area contributed by atoms with Crippen LogP contribution in [0.4, 0.5) is 0 Å². The van der Waals surface area contributed by atoms with Gasteiger partial charge in [0, 0.05) is 16.3 Å². The Hall–Kier alpha value is -0.680. The molecule has 2 aromatic heterocycles. The zero-order valence-corrected chi connectivity index (χ0v) is 14.1. The first-order valence-electron chi connectivity index (χ1n) is 7.69. The molecular weight excluding hydrogens is 298 g/mol. The standard InChI is InChI=1S/C17H23NOS2/c1-13-5-2-8-17(19,11-13)12-18-16(14-6-3-9-20-14)15-7-4-10-21-15/h3-4,6-7,9-10,13,16,18-19H,2,5,8,11-12H2,1H3. The topological polar surface area (TPSA) is 32.3 Å². The average Bonchev–Trinajstić information content (AvgIpc) is 3.11. The van der Waals surface area contributed by atoms with E-state index in [0.29, 0.717) is 12.5 Å². The number of thiophene rings is 2. The van der Waals surface area contributed by atoms with Crippen LogP contribution in [0.25, 0.3) is 0 Å². The van der Waals surface area contributed by atoms with Gasteiger partial charge in [-0.15, -0.1) is 22.7 Å². The zero-order chi connectivity index (χ0) is 14.7. The molecule has 0 radical (unpaired) electrons. The summed E-state index contributed by atoms with van der Waals surface area (Å²) in [6.07, 6.45) is 4.23. The summed E-state index contributed by atoms with van der Waals surface area (Å²) in [5, 5.41) is 18.7. The van der Waals surface area contributed by atoms with Crippen LogP contribution >= 0.6 is 22.7 Å². The van der Waals surface area contributed by atoms with E-state index in [1.807, 2.05) is 0 Å². The van der Waals surface area contributed by atoms with E-state index in [0.717, 1.165) is 19.3 Å². The van der Waals surface area contributed by atoms with Gasteiger partial charge in [0.25, 0.3) is 0 Å². The van der Waals surface area contributed by atoms with E-state index < -0.39 is 5.60 Å². The smallest absolute Gasteiger partial charge is 0.0774 e. The van der Waals surface area contributed by atoms with Crippen molar-refractivity contribution in [1.29, 1.82) is 0 Å². The van der Waals surface area contributed by atoms with Gasteiger partial charge in [-0.2, -0.15) is 0 Å². The molecule has 3 rings (SSSR count). The van der Waals surface area contributed by atoms with E-state index in [-0.39, 0.29) is 6.04 Å². The molecule has 21 heavy (non-hydrogen) atoms. The number of hydrogen-bond donors (Lipinski definition) is 2. The van der Waals surface area contributed by atoms with Crippen LogP contribution in [0.1, 0.15) is 48.4 Å². The van der Waals surface area contributed by atoms with Crippen LogP contribution in [0.3, 0.4) is 0 Å². The van der Waals surface area contributed by atoms with E-state index in [9.17, 15) is 5.11 Å². The van der Waals surface area contributed by atoms with Gasteiger partial charge in [0.2, 0.25) is 0 Å². The van der Waals surface area contributed by atoms with Crippen LogP contribution in [0.15, 0.2) is 35.0 Å². The molecule has 1 fully saturated rings. The Morgan fingerprint density at radius 1 is 1.29 bits per heavy atom. The van der Waals surface area contributed by atoms with Crippen molar-refractivity contribution < 1.29 is 5.11 Å². The average molecular weight is 322 g/mol. The lowest BCUT2D eigenvalue weighted by Crippen LogP contribution is -2.45. The van der Waals surface area contributed by atoms with E-state index in [1.165, 1.54) is 16.2 Å². The minimum absolute atomic E-state index is 0.214. The highest BCUT2D eigenvalue weighted by atomic mass is 32.1. The van der Waals surface area contributed by atoms with Crippen LogP contribution in [-0.4, -0.2) is 17.3 Å². The lowest BCUT2D eigenvalue weighted by atomic mass is 9.79. The molecule has 0 spiro atoms. The van der Waals surface area contributed by atoms with Crippen molar-refractivity contribution in [2.45, 2.75) is 44.2 Å². The fraction of sp³-hybridized carbons (Fsp3) is 0.529. The molecule has 4 heteroatoms. The van der Waals surface area contributed by atoms with Crippen molar-refractivity contribution in [3.8, 4) is 0 Å². The van der Waals surface area contributed by atoms with E-state index in [4.69, 9.17) is 0 Å². The predicted molar refractivity (Wildman–Crippen MR) is 91.1 cm³/mol. The SMILES string of the molecule is CC1CCCC(O)(CNC(c2cccs2)c2cccs2)C1. The molecule has 0 bridgehead atoms. The van der Waals surface area contributed by atoms with Crippen LogP contribution in [0, 0.1) is 5.92 Å². The second kappa shape index (κ2) is 6.61. The summed E-state index contributed by atoms with van der Waals surface area (Å²) < 4.78 is 0. The maximum atomic E-state index is 10.8. The Balaban J connectivity index is 1.71. The van der Waals surface area contributed by atoms with E-state index >= 15 is 0 Å². The minimum atomic E-state index is -0.537. The van der Waals surface area contributed by atoms with Crippen molar-refractivity contribution in [1.82, 2.24) is 5.32 Å². The maximum Gasteiger partial charge on any atom is 0.0774 e. The van der Waals surface area contributed by atoms with Gasteiger partial charge in [0.1, 0.15) is 0 Å². The Kier molecular flexibility index (Phi) is 4.79. The lowest BCUT2D eigenvalue weighted by molar-refractivity contribution is -0.0128. The Morgan fingerprint density at radius 2 is 1.95 bits per heavy atom. The molecule has 2 N–H and O–H groups in total. The van der Waals surface area contributed by atoms with Crippen molar-refractivity contribution in [2.75, 3.05) is 6.54 Å². The molecule has 1 saturated carbocycles. The molecule has 1 aliphatic rings. The third-order valence-corrected chi connectivity index (χ3v) is 6.23. The normalized spacial score (nSPS) is 26.3. The van der Waals surface area contributed by atoms with Gasteiger partial charge in [0.15, 0.2) is 0 Å². The van der Waals surface area contributed by atoms with Crippen molar-refractivity contribution in [3.05, 3.63) is 44.8 Å². The molecule has 0 saturated heterocycles. The third-order valence-electron chi connectivity index (χ3n) is 4.36. The molecule has 0 aliphatic heterocycles. The van der Waals surface area contributed by atoms with Crippen molar-refractivity contribution >= 4 is 22.7 Å². The predicted octanol–water partition coefficient (Wildman–Crippen LogP) is 4.43. The lowest BCUT2D eigenvalue weighted by Gasteiger charge is -2.36. The summed E-state index contributed by atoms with van der Waals surface area (Å²) in [6.45, 7) is 2.93. The van der Waals surface area contributed by atoms with Gasteiger partial charge in [-0.25, -0.2) is 0 Å². The van der Waals surface area contributed by atoms with Crippen LogP contribution < -0.4 is 5.32 Å². The van der Waals surface area contributed by atoms with Gasteiger partial charge < -0.3 is 10.4 Å². The van der Waals surface area contributed by atoms with Crippen LogP contribution in [0.5, 0.6) is 0 Å². The Bertz CT molecular complexity index is 503.